The second-order valence-corrected chi connectivity index (χ2v) is 5.64. The summed E-state index contributed by atoms with van der Waals surface area (Å²) in [5, 5.41) is 10.7. The van der Waals surface area contributed by atoms with Crippen LogP contribution in [0.3, 0.4) is 0 Å². The van der Waals surface area contributed by atoms with Crippen LogP contribution >= 0.6 is 11.6 Å². The Balaban J connectivity index is 2.30. The number of nitrogens with zero attached hydrogens (tertiary/aromatic N) is 1. The largest absolute Gasteiger partial charge is 0.512 e. The Morgan fingerprint density at radius 1 is 1.60 bits per heavy atom. The molecular weight excluding hydrogens is 278 g/mol. The second kappa shape index (κ2) is 6.27. The Morgan fingerprint density at radius 3 is 3.00 bits per heavy atom. The van der Waals surface area contributed by atoms with E-state index >= 15 is 0 Å². The number of aromatic nitrogens is 1. The van der Waals surface area contributed by atoms with Crippen molar-refractivity contribution in [3.05, 3.63) is 40.4 Å². The standard InChI is InChI=1S/C15H18ClNO3/c1-9-6-10(8-12-11(16)4-3-5-17-12)14(13(18)7-9)15(19)20-2/h3-5,9-10,18H,6-8H2,1-2H3/t9-,10+/m1/s1. The molecule has 0 radical (unpaired) electrons. The molecule has 0 saturated carbocycles. The first-order chi connectivity index (χ1) is 9.52. The predicted octanol–water partition coefficient (Wildman–Crippen LogP) is 3.31. The topological polar surface area (TPSA) is 59.4 Å². The maximum Gasteiger partial charge on any atom is 0.337 e. The Kier molecular flexibility index (Phi) is 4.65. The summed E-state index contributed by atoms with van der Waals surface area (Å²) in [4.78, 5) is 16.1. The fraction of sp³-hybridized carbons (Fsp3) is 0.467. The summed E-state index contributed by atoms with van der Waals surface area (Å²) in [6.45, 7) is 2.05. The minimum Gasteiger partial charge on any atom is -0.512 e. The number of carbonyl (C=O) groups excluding carboxylic acids is 1. The van der Waals surface area contributed by atoms with Gasteiger partial charge in [-0.3, -0.25) is 4.98 Å². The van der Waals surface area contributed by atoms with E-state index in [1.165, 1.54) is 7.11 Å². The molecule has 1 aliphatic rings. The number of aliphatic hydroxyl groups is 1. The Morgan fingerprint density at radius 2 is 2.35 bits per heavy atom. The van der Waals surface area contributed by atoms with Gasteiger partial charge in [-0.25, -0.2) is 4.79 Å². The number of methoxy groups -OCH3 is 1. The maximum absolute atomic E-state index is 11.9. The van der Waals surface area contributed by atoms with Crippen molar-refractivity contribution >= 4 is 17.6 Å². The lowest BCUT2D eigenvalue weighted by molar-refractivity contribution is -0.137. The quantitative estimate of drug-likeness (QED) is 0.869. The van der Waals surface area contributed by atoms with Crippen molar-refractivity contribution in [3.8, 4) is 0 Å². The lowest BCUT2D eigenvalue weighted by Crippen LogP contribution is -2.26. The maximum atomic E-state index is 11.9. The fourth-order valence-corrected chi connectivity index (χ4v) is 2.94. The number of pyridine rings is 1. The molecule has 0 aromatic carbocycles. The van der Waals surface area contributed by atoms with Crippen LogP contribution in [0.15, 0.2) is 29.7 Å². The summed E-state index contributed by atoms with van der Waals surface area (Å²) in [5.74, 6) is -0.131. The van der Waals surface area contributed by atoms with Crippen molar-refractivity contribution in [2.24, 2.45) is 11.8 Å². The van der Waals surface area contributed by atoms with Crippen LogP contribution in [-0.2, 0) is 16.0 Å². The Bertz CT molecular complexity index is 542. The number of ether oxygens (including phenoxy) is 1. The summed E-state index contributed by atoms with van der Waals surface area (Å²) in [5.41, 5.74) is 1.11. The van der Waals surface area contributed by atoms with E-state index in [1.54, 1.807) is 18.3 Å². The third kappa shape index (κ3) is 3.12. The lowest BCUT2D eigenvalue weighted by atomic mass is 9.78. The van der Waals surface area contributed by atoms with E-state index in [2.05, 4.69) is 11.9 Å². The van der Waals surface area contributed by atoms with Gasteiger partial charge in [0.25, 0.3) is 0 Å². The van der Waals surface area contributed by atoms with E-state index in [1.807, 2.05) is 0 Å². The lowest BCUT2D eigenvalue weighted by Gasteiger charge is -2.28. The summed E-state index contributed by atoms with van der Waals surface area (Å²) in [6, 6.07) is 3.54. The van der Waals surface area contributed by atoms with E-state index in [4.69, 9.17) is 16.3 Å². The Hall–Kier alpha value is -1.55. The summed E-state index contributed by atoms with van der Waals surface area (Å²) < 4.78 is 4.78. The number of halogens is 1. The molecule has 0 spiro atoms. The van der Waals surface area contributed by atoms with E-state index in [-0.39, 0.29) is 11.7 Å². The second-order valence-electron chi connectivity index (χ2n) is 5.23. The zero-order chi connectivity index (χ0) is 14.7. The van der Waals surface area contributed by atoms with Gasteiger partial charge >= 0.3 is 5.97 Å². The highest BCUT2D eigenvalue weighted by Gasteiger charge is 2.33. The molecule has 1 aliphatic carbocycles. The predicted molar refractivity (Wildman–Crippen MR) is 76.5 cm³/mol. The minimum atomic E-state index is -0.466. The highest BCUT2D eigenvalue weighted by molar-refractivity contribution is 6.31. The van der Waals surface area contributed by atoms with Crippen LogP contribution in [0.1, 0.15) is 25.5 Å². The molecule has 0 aliphatic heterocycles. The number of hydrogen-bond acceptors (Lipinski definition) is 4. The molecule has 0 bridgehead atoms. The molecule has 2 rings (SSSR count). The highest BCUT2D eigenvalue weighted by atomic mass is 35.5. The SMILES string of the molecule is COC(=O)C1=C(O)C[C@H](C)C[C@H]1Cc1ncccc1Cl. The van der Waals surface area contributed by atoms with Gasteiger partial charge < -0.3 is 9.84 Å². The van der Waals surface area contributed by atoms with Crippen LogP contribution in [0.5, 0.6) is 0 Å². The van der Waals surface area contributed by atoms with Crippen LogP contribution in [-0.4, -0.2) is 23.2 Å². The van der Waals surface area contributed by atoms with Crippen LogP contribution in [0.25, 0.3) is 0 Å². The molecular formula is C15H18ClNO3. The van der Waals surface area contributed by atoms with Crippen LogP contribution < -0.4 is 0 Å². The molecule has 2 atom stereocenters. The molecule has 0 unspecified atom stereocenters. The minimum absolute atomic E-state index is 0.112. The smallest absolute Gasteiger partial charge is 0.337 e. The molecule has 1 heterocycles. The first kappa shape index (κ1) is 14.9. The first-order valence-electron chi connectivity index (χ1n) is 6.62. The number of esters is 1. The third-order valence-corrected chi connectivity index (χ3v) is 3.97. The average Bonchev–Trinajstić information content (AvgIpc) is 2.40. The van der Waals surface area contributed by atoms with Crippen molar-refractivity contribution in [1.82, 2.24) is 4.98 Å². The average molecular weight is 296 g/mol. The molecule has 0 fully saturated rings. The van der Waals surface area contributed by atoms with Gasteiger partial charge in [0.1, 0.15) is 5.76 Å². The number of carbonyl (C=O) groups is 1. The molecule has 0 amide bonds. The van der Waals surface area contributed by atoms with Gasteiger partial charge in [-0.05, 0) is 30.9 Å². The van der Waals surface area contributed by atoms with Gasteiger partial charge in [0.05, 0.1) is 23.4 Å². The first-order valence-corrected chi connectivity index (χ1v) is 7.00. The van der Waals surface area contributed by atoms with Crippen LogP contribution in [0.4, 0.5) is 0 Å². The highest BCUT2D eigenvalue weighted by Crippen LogP contribution is 2.36. The van der Waals surface area contributed by atoms with Gasteiger partial charge in [0.15, 0.2) is 0 Å². The van der Waals surface area contributed by atoms with Crippen molar-refractivity contribution in [1.29, 1.82) is 0 Å². The normalized spacial score (nSPS) is 22.8. The third-order valence-electron chi connectivity index (χ3n) is 3.63. The van der Waals surface area contributed by atoms with E-state index in [0.717, 1.165) is 12.1 Å². The van der Waals surface area contributed by atoms with E-state index in [9.17, 15) is 9.90 Å². The number of allylic oxidation sites excluding steroid dienone is 1. The molecule has 1 aromatic heterocycles. The molecule has 0 saturated heterocycles. The van der Waals surface area contributed by atoms with Crippen molar-refractivity contribution in [2.75, 3.05) is 7.11 Å². The van der Waals surface area contributed by atoms with E-state index < -0.39 is 5.97 Å². The van der Waals surface area contributed by atoms with E-state index in [0.29, 0.717) is 29.4 Å². The van der Waals surface area contributed by atoms with Crippen molar-refractivity contribution < 1.29 is 14.6 Å². The Labute approximate surface area is 123 Å². The molecule has 5 heteroatoms. The number of hydrogen-bond donors (Lipinski definition) is 1. The molecule has 1 aromatic rings. The molecule has 20 heavy (non-hydrogen) atoms. The van der Waals surface area contributed by atoms with Gasteiger partial charge in [0.2, 0.25) is 0 Å². The fourth-order valence-electron chi connectivity index (χ4n) is 2.74. The van der Waals surface area contributed by atoms with Crippen LogP contribution in [0.2, 0.25) is 5.02 Å². The zero-order valence-corrected chi connectivity index (χ0v) is 12.4. The van der Waals surface area contributed by atoms with Gasteiger partial charge in [-0.2, -0.15) is 0 Å². The molecule has 108 valence electrons. The number of rotatable bonds is 3. The van der Waals surface area contributed by atoms with Crippen molar-refractivity contribution in [3.63, 3.8) is 0 Å². The van der Waals surface area contributed by atoms with Gasteiger partial charge in [-0.15, -0.1) is 0 Å². The summed E-state index contributed by atoms with van der Waals surface area (Å²) in [6.07, 6.45) is 3.52. The zero-order valence-electron chi connectivity index (χ0n) is 11.6. The van der Waals surface area contributed by atoms with Crippen LogP contribution in [0, 0.1) is 11.8 Å². The molecule has 4 nitrogen and oxygen atoms in total. The molecule has 1 N–H and O–H groups in total. The van der Waals surface area contributed by atoms with Crippen molar-refractivity contribution in [2.45, 2.75) is 26.2 Å². The monoisotopic (exact) mass is 295 g/mol. The summed E-state index contributed by atoms with van der Waals surface area (Å²) >= 11 is 6.12. The number of aliphatic hydroxyl groups excluding tert-OH is 1. The summed E-state index contributed by atoms with van der Waals surface area (Å²) in [7, 11) is 1.32. The van der Waals surface area contributed by atoms with Gasteiger partial charge in [-0.1, -0.05) is 18.5 Å². The van der Waals surface area contributed by atoms with Gasteiger partial charge in [0, 0.05) is 18.5 Å².